The van der Waals surface area contributed by atoms with Gasteiger partial charge in [-0.3, -0.25) is 9.59 Å². The number of hydrogen-bond donors (Lipinski definition) is 0. The summed E-state index contributed by atoms with van der Waals surface area (Å²) < 4.78 is 5.67. The van der Waals surface area contributed by atoms with Crippen molar-refractivity contribution in [1.82, 2.24) is 9.80 Å². The topological polar surface area (TPSA) is 49.9 Å². The van der Waals surface area contributed by atoms with Crippen LogP contribution in [0.1, 0.15) is 45.1 Å². The normalized spacial score (nSPS) is 14.6. The predicted molar refractivity (Wildman–Crippen MR) is 103 cm³/mol. The molecule has 0 aliphatic carbocycles. The van der Waals surface area contributed by atoms with Gasteiger partial charge in [-0.2, -0.15) is 0 Å². The summed E-state index contributed by atoms with van der Waals surface area (Å²) in [6, 6.07) is 7.94. The molecule has 5 nitrogen and oxygen atoms in total. The van der Waals surface area contributed by atoms with Crippen LogP contribution < -0.4 is 4.74 Å². The molecule has 26 heavy (non-hydrogen) atoms. The van der Waals surface area contributed by atoms with Crippen molar-refractivity contribution in [3.8, 4) is 5.75 Å². The monoisotopic (exact) mass is 360 g/mol. The Balaban J connectivity index is 1.66. The number of hydrogen-bond acceptors (Lipinski definition) is 3. The van der Waals surface area contributed by atoms with Gasteiger partial charge in [0.1, 0.15) is 5.75 Å². The number of carbonyl (C=O) groups is 2. The van der Waals surface area contributed by atoms with Crippen LogP contribution in [0.5, 0.6) is 5.75 Å². The maximum Gasteiger partial charge on any atom is 0.225 e. The minimum Gasteiger partial charge on any atom is -0.494 e. The van der Waals surface area contributed by atoms with Gasteiger partial charge in [0.25, 0.3) is 0 Å². The lowest BCUT2D eigenvalue weighted by molar-refractivity contribution is -0.142. The third-order valence-corrected chi connectivity index (χ3v) is 5.10. The Bertz CT molecular complexity index is 573. The molecule has 0 atom stereocenters. The van der Waals surface area contributed by atoms with Crippen molar-refractivity contribution in [2.45, 2.75) is 46.5 Å². The Morgan fingerprint density at radius 3 is 2.15 bits per heavy atom. The van der Waals surface area contributed by atoms with Crippen LogP contribution >= 0.6 is 0 Å². The molecule has 2 rings (SSSR count). The second-order valence-electron chi connectivity index (χ2n) is 6.98. The number of amides is 2. The summed E-state index contributed by atoms with van der Waals surface area (Å²) >= 11 is 0. The van der Waals surface area contributed by atoms with Crippen LogP contribution in [0.15, 0.2) is 24.3 Å². The van der Waals surface area contributed by atoms with Crippen LogP contribution in [-0.2, 0) is 9.59 Å². The minimum absolute atomic E-state index is 0.121. The molecule has 0 spiro atoms. The number of ether oxygens (including phenoxy) is 1. The molecule has 144 valence electrons. The number of aryl methyl sites for hydroxylation is 1. The number of nitrogens with zero attached hydrogens (tertiary/aromatic N) is 2. The first kappa shape index (κ1) is 20.3. The summed E-state index contributed by atoms with van der Waals surface area (Å²) in [6.07, 6.45) is 2.97. The van der Waals surface area contributed by atoms with Crippen LogP contribution in [0, 0.1) is 12.8 Å². The van der Waals surface area contributed by atoms with Gasteiger partial charge in [0.2, 0.25) is 11.8 Å². The second-order valence-corrected chi connectivity index (χ2v) is 6.98. The van der Waals surface area contributed by atoms with Gasteiger partial charge in [0.05, 0.1) is 6.61 Å². The summed E-state index contributed by atoms with van der Waals surface area (Å²) in [7, 11) is 0. The number of carbonyl (C=O) groups excluding carboxylic acids is 2. The highest BCUT2D eigenvalue weighted by atomic mass is 16.5. The molecule has 5 heteroatoms. The van der Waals surface area contributed by atoms with Crippen LogP contribution in [0.3, 0.4) is 0 Å². The molecule has 0 bridgehead atoms. The van der Waals surface area contributed by atoms with Gasteiger partial charge in [-0.1, -0.05) is 31.5 Å². The van der Waals surface area contributed by atoms with Gasteiger partial charge in [-0.15, -0.1) is 0 Å². The third-order valence-electron chi connectivity index (χ3n) is 5.10. The highest BCUT2D eigenvalue weighted by Gasteiger charge is 2.26. The van der Waals surface area contributed by atoms with Crippen molar-refractivity contribution < 1.29 is 14.3 Å². The average molecular weight is 360 g/mol. The third kappa shape index (κ3) is 5.75. The molecule has 1 fully saturated rings. The first-order chi connectivity index (χ1) is 12.5. The van der Waals surface area contributed by atoms with E-state index in [9.17, 15) is 9.59 Å². The van der Waals surface area contributed by atoms with Gasteiger partial charge >= 0.3 is 0 Å². The van der Waals surface area contributed by atoms with Crippen LogP contribution in [0.2, 0.25) is 0 Å². The molecule has 0 radical (unpaired) electrons. The minimum atomic E-state index is 0.121. The standard InChI is InChI=1S/C21H32N2O3/c1-4-18(5-2)21(25)23-14-12-22(13-15-23)20(24)7-6-16-26-19-10-8-17(3)9-11-19/h8-11,18H,4-7,12-16H2,1-3H3. The van der Waals surface area contributed by atoms with E-state index in [0.717, 1.165) is 18.6 Å². The second kappa shape index (κ2) is 10.2. The molecule has 1 aromatic carbocycles. The fraction of sp³-hybridized carbons (Fsp3) is 0.619. The highest BCUT2D eigenvalue weighted by molar-refractivity contribution is 5.80. The molecule has 1 saturated heterocycles. The SMILES string of the molecule is CCC(CC)C(=O)N1CCN(C(=O)CCCOc2ccc(C)cc2)CC1. The first-order valence-corrected chi connectivity index (χ1v) is 9.81. The smallest absolute Gasteiger partial charge is 0.225 e. The van der Waals surface area contributed by atoms with Crippen LogP contribution in [0.25, 0.3) is 0 Å². The van der Waals surface area contributed by atoms with E-state index in [1.807, 2.05) is 41.0 Å². The molecule has 1 aliphatic heterocycles. The summed E-state index contributed by atoms with van der Waals surface area (Å²) in [5.74, 6) is 1.37. The van der Waals surface area contributed by atoms with E-state index in [1.165, 1.54) is 5.56 Å². The highest BCUT2D eigenvalue weighted by Crippen LogP contribution is 2.15. The zero-order valence-electron chi connectivity index (χ0n) is 16.4. The Morgan fingerprint density at radius 2 is 1.58 bits per heavy atom. The maximum absolute atomic E-state index is 12.4. The molecule has 0 unspecified atom stereocenters. The van der Waals surface area contributed by atoms with Crippen molar-refractivity contribution >= 4 is 11.8 Å². The van der Waals surface area contributed by atoms with Gasteiger partial charge in [0, 0.05) is 38.5 Å². The Labute approximate surface area is 157 Å². The molecule has 0 saturated carbocycles. The fourth-order valence-electron chi connectivity index (χ4n) is 3.28. The maximum atomic E-state index is 12.4. The van der Waals surface area contributed by atoms with E-state index >= 15 is 0 Å². The van der Waals surface area contributed by atoms with E-state index in [-0.39, 0.29) is 17.7 Å². The van der Waals surface area contributed by atoms with Crippen molar-refractivity contribution in [3.63, 3.8) is 0 Å². The molecule has 0 N–H and O–H groups in total. The average Bonchev–Trinajstić information content (AvgIpc) is 2.67. The summed E-state index contributed by atoms with van der Waals surface area (Å²) in [5, 5.41) is 0. The molecular formula is C21H32N2O3. The lowest BCUT2D eigenvalue weighted by Crippen LogP contribution is -2.51. The zero-order chi connectivity index (χ0) is 18.9. The van der Waals surface area contributed by atoms with Crippen molar-refractivity contribution in [2.24, 2.45) is 5.92 Å². The Hall–Kier alpha value is -2.04. The molecule has 2 amide bonds. The quantitative estimate of drug-likeness (QED) is 0.669. The lowest BCUT2D eigenvalue weighted by atomic mass is 10.0. The molecular weight excluding hydrogens is 328 g/mol. The zero-order valence-corrected chi connectivity index (χ0v) is 16.4. The van der Waals surface area contributed by atoms with Gasteiger partial charge in [-0.25, -0.2) is 0 Å². The van der Waals surface area contributed by atoms with Crippen molar-refractivity contribution in [3.05, 3.63) is 29.8 Å². The van der Waals surface area contributed by atoms with Crippen LogP contribution in [0.4, 0.5) is 0 Å². The fourth-order valence-corrected chi connectivity index (χ4v) is 3.28. The van der Waals surface area contributed by atoms with Crippen molar-refractivity contribution in [2.75, 3.05) is 32.8 Å². The van der Waals surface area contributed by atoms with E-state index in [4.69, 9.17) is 4.74 Å². The van der Waals surface area contributed by atoms with Gasteiger partial charge < -0.3 is 14.5 Å². The summed E-state index contributed by atoms with van der Waals surface area (Å²) in [5.41, 5.74) is 1.20. The van der Waals surface area contributed by atoms with E-state index in [1.54, 1.807) is 0 Å². The van der Waals surface area contributed by atoms with E-state index < -0.39 is 0 Å². The van der Waals surface area contributed by atoms with Crippen LogP contribution in [-0.4, -0.2) is 54.4 Å². The predicted octanol–water partition coefficient (Wildman–Crippen LogP) is 3.26. The first-order valence-electron chi connectivity index (χ1n) is 9.81. The van der Waals surface area contributed by atoms with Gasteiger partial charge in [-0.05, 0) is 38.3 Å². The lowest BCUT2D eigenvalue weighted by Gasteiger charge is -2.36. The summed E-state index contributed by atoms with van der Waals surface area (Å²) in [6.45, 7) is 9.30. The largest absolute Gasteiger partial charge is 0.494 e. The van der Waals surface area contributed by atoms with Crippen molar-refractivity contribution in [1.29, 1.82) is 0 Å². The Morgan fingerprint density at radius 1 is 1.00 bits per heavy atom. The Kier molecular flexibility index (Phi) is 7.95. The number of benzene rings is 1. The van der Waals surface area contributed by atoms with E-state index in [2.05, 4.69) is 13.8 Å². The summed E-state index contributed by atoms with van der Waals surface area (Å²) in [4.78, 5) is 28.5. The molecule has 1 heterocycles. The van der Waals surface area contributed by atoms with Gasteiger partial charge in [0.15, 0.2) is 0 Å². The molecule has 1 aliphatic rings. The molecule has 1 aromatic rings. The number of piperazine rings is 1. The van der Waals surface area contributed by atoms with E-state index in [0.29, 0.717) is 45.6 Å². The molecule has 0 aromatic heterocycles. The number of rotatable bonds is 8.